The third-order valence-electron chi connectivity index (χ3n) is 4.75. The minimum absolute atomic E-state index is 0. The Morgan fingerprint density at radius 3 is 1.50 bits per heavy atom. The fourth-order valence-electron chi connectivity index (χ4n) is 2.64. The van der Waals surface area contributed by atoms with E-state index in [1.165, 1.54) is 0 Å². The molecular weight excluding hydrogens is 477 g/mol. The van der Waals surface area contributed by atoms with Crippen LogP contribution >= 0.6 is 0 Å². The van der Waals surface area contributed by atoms with Crippen LogP contribution in [-0.4, -0.2) is 116 Å². The number of hydrogen-bond acceptors (Lipinski definition) is 6. The summed E-state index contributed by atoms with van der Waals surface area (Å²) in [7, 11) is 4.19. The number of ketones is 1. The molecule has 0 radical (unpaired) electrons. The third-order valence-corrected chi connectivity index (χ3v) is 4.75. The normalized spacial score (nSPS) is 20.7. The zero-order chi connectivity index (χ0) is 19.0. The molecule has 0 saturated carbocycles. The maximum absolute atomic E-state index is 12.4. The van der Waals surface area contributed by atoms with Crippen LogP contribution in [0.1, 0.15) is 20.8 Å². The van der Waals surface area contributed by atoms with Crippen LogP contribution in [0.5, 0.6) is 0 Å². The van der Waals surface area contributed by atoms with E-state index in [1.807, 2.05) is 25.7 Å². The summed E-state index contributed by atoms with van der Waals surface area (Å²) in [6, 6.07) is 0. The van der Waals surface area contributed by atoms with Crippen molar-refractivity contribution in [2.45, 2.75) is 20.8 Å². The maximum atomic E-state index is 12.4. The molecule has 0 unspecified atom stereocenters. The molecule has 26 heavy (non-hydrogen) atoms. The van der Waals surface area contributed by atoms with E-state index in [2.05, 4.69) is 28.8 Å². The van der Waals surface area contributed by atoms with E-state index in [0.717, 1.165) is 39.3 Å². The van der Waals surface area contributed by atoms with Gasteiger partial charge in [-0.25, -0.2) is 0 Å². The summed E-state index contributed by atoms with van der Waals surface area (Å²) in [5.74, 6) is -0.571. The van der Waals surface area contributed by atoms with Crippen LogP contribution in [0.25, 0.3) is 0 Å². The molecule has 0 bridgehead atoms. The van der Waals surface area contributed by atoms with Gasteiger partial charge >= 0.3 is 5.97 Å². The quantitative estimate of drug-likeness (QED) is 0.575. The van der Waals surface area contributed by atoms with Crippen molar-refractivity contribution in [1.82, 2.24) is 19.6 Å². The first kappa shape index (κ1) is 26.3. The molecule has 1 N–H and O–H groups in total. The Bertz CT molecular complexity index is 443. The van der Waals surface area contributed by atoms with E-state index >= 15 is 0 Å². The second-order valence-corrected chi connectivity index (χ2v) is 8.23. The average Bonchev–Trinajstić information content (AvgIpc) is 2.49. The summed E-state index contributed by atoms with van der Waals surface area (Å²) in [4.78, 5) is 32.2. The third kappa shape index (κ3) is 11.2. The summed E-state index contributed by atoms with van der Waals surface area (Å²) < 4.78 is 0. The molecule has 0 amide bonds. The minimum Gasteiger partial charge on any atom is -0.480 e. The summed E-state index contributed by atoms with van der Waals surface area (Å²) >= 11 is 0. The topological polar surface area (TPSA) is 67.3 Å². The molecule has 8 heteroatoms. The Morgan fingerprint density at radius 2 is 1.12 bits per heavy atom. The van der Waals surface area contributed by atoms with Gasteiger partial charge in [-0.05, 0) is 14.1 Å². The largest absolute Gasteiger partial charge is 0.480 e. The number of carbonyl (C=O) groups excluding carboxylic acids is 1. The van der Waals surface area contributed by atoms with Crippen LogP contribution in [0.15, 0.2) is 0 Å². The molecule has 1 fully saturated rings. The number of carbonyl (C=O) groups is 2. The molecule has 1 saturated heterocycles. The standard InChI is InChI=1S/C18H36N4O3.Gd/c1-18(2,3)16(23)14-21-10-8-19(4)6-7-20(5)9-11-22(13-12-21)15-17(24)25;/h6-15H2,1-5H3,(H,24,25);. The number of nitrogens with zero attached hydrogens (tertiary/aromatic N) is 4. The van der Waals surface area contributed by atoms with Crippen LogP contribution in [0, 0.1) is 45.4 Å². The van der Waals surface area contributed by atoms with Gasteiger partial charge in [0.2, 0.25) is 0 Å². The van der Waals surface area contributed by atoms with Gasteiger partial charge in [0.1, 0.15) is 0 Å². The molecule has 1 aliphatic rings. The van der Waals surface area contributed by atoms with Crippen molar-refractivity contribution in [2.75, 3.05) is 79.5 Å². The molecule has 1 aliphatic heterocycles. The molecule has 0 aliphatic carbocycles. The predicted molar refractivity (Wildman–Crippen MR) is 100.0 cm³/mol. The number of rotatable bonds is 4. The fraction of sp³-hybridized carbons (Fsp3) is 0.889. The SMILES string of the molecule is CN1CCN(C)CCN(CC(=O)C(C)(C)C)CCN(CC(=O)O)CC1.[Gd]. The zero-order valence-electron chi connectivity index (χ0n) is 17.0. The molecule has 0 aromatic rings. The summed E-state index contributed by atoms with van der Waals surface area (Å²) in [5, 5.41) is 9.14. The number of carboxylic acid groups (broad SMARTS) is 1. The maximum Gasteiger partial charge on any atom is 0.317 e. The zero-order valence-corrected chi connectivity index (χ0v) is 19.2. The van der Waals surface area contributed by atoms with E-state index < -0.39 is 5.97 Å². The number of aliphatic carboxylic acids is 1. The fourth-order valence-corrected chi connectivity index (χ4v) is 2.64. The molecule has 0 aromatic carbocycles. The van der Waals surface area contributed by atoms with E-state index in [1.54, 1.807) is 0 Å². The number of hydrogen-bond donors (Lipinski definition) is 1. The molecular formula is C18H36GdN4O3. The number of likely N-dealkylation sites (N-methyl/N-ethyl adjacent to an activating group) is 2. The first-order valence-corrected chi connectivity index (χ1v) is 9.15. The van der Waals surface area contributed by atoms with Gasteiger partial charge in [-0.2, -0.15) is 0 Å². The molecule has 1 heterocycles. The van der Waals surface area contributed by atoms with Gasteiger partial charge < -0.3 is 14.9 Å². The van der Waals surface area contributed by atoms with Gasteiger partial charge in [0.15, 0.2) is 5.78 Å². The Labute approximate surface area is 190 Å². The number of carboxylic acids is 1. The summed E-state index contributed by atoms with van der Waals surface area (Å²) in [6.45, 7) is 12.9. The Kier molecular flexibility index (Phi) is 12.9. The van der Waals surface area contributed by atoms with Crippen LogP contribution in [0.2, 0.25) is 0 Å². The minimum atomic E-state index is -0.799. The van der Waals surface area contributed by atoms with E-state index in [9.17, 15) is 9.59 Å². The van der Waals surface area contributed by atoms with E-state index in [0.29, 0.717) is 19.6 Å². The van der Waals surface area contributed by atoms with Gasteiger partial charge in [-0.3, -0.25) is 19.4 Å². The van der Waals surface area contributed by atoms with Crippen molar-refractivity contribution < 1.29 is 54.6 Å². The van der Waals surface area contributed by atoms with Crippen LogP contribution in [0.4, 0.5) is 0 Å². The van der Waals surface area contributed by atoms with Gasteiger partial charge in [0.05, 0.1) is 13.1 Å². The first-order valence-electron chi connectivity index (χ1n) is 9.15. The van der Waals surface area contributed by atoms with Crippen molar-refractivity contribution in [3.63, 3.8) is 0 Å². The molecule has 0 spiro atoms. The predicted octanol–water partition coefficient (Wildman–Crippen LogP) is 0.167. The van der Waals surface area contributed by atoms with Gasteiger partial charge in [0, 0.05) is 97.7 Å². The van der Waals surface area contributed by atoms with Gasteiger partial charge in [-0.1, -0.05) is 20.8 Å². The monoisotopic (exact) mass is 514 g/mol. The van der Waals surface area contributed by atoms with Crippen molar-refractivity contribution >= 4 is 11.8 Å². The van der Waals surface area contributed by atoms with Gasteiger partial charge in [-0.15, -0.1) is 0 Å². The first-order chi connectivity index (χ1) is 11.6. The second-order valence-electron chi connectivity index (χ2n) is 8.23. The van der Waals surface area contributed by atoms with Crippen LogP contribution < -0.4 is 0 Å². The summed E-state index contributed by atoms with van der Waals surface area (Å²) in [6.07, 6.45) is 0. The Hall–Kier alpha value is 0.305. The molecule has 1 rings (SSSR count). The van der Waals surface area contributed by atoms with E-state index in [-0.39, 0.29) is 57.7 Å². The second kappa shape index (κ2) is 12.7. The van der Waals surface area contributed by atoms with Crippen molar-refractivity contribution in [3.05, 3.63) is 0 Å². The van der Waals surface area contributed by atoms with Crippen LogP contribution in [0.3, 0.4) is 0 Å². The van der Waals surface area contributed by atoms with Gasteiger partial charge in [0.25, 0.3) is 0 Å². The molecule has 0 aromatic heterocycles. The van der Waals surface area contributed by atoms with Crippen molar-refractivity contribution in [3.8, 4) is 0 Å². The summed E-state index contributed by atoms with van der Waals surface area (Å²) in [5.41, 5.74) is -0.348. The smallest absolute Gasteiger partial charge is 0.317 e. The average molecular weight is 514 g/mol. The molecule has 7 nitrogen and oxygen atoms in total. The Morgan fingerprint density at radius 1 is 0.769 bits per heavy atom. The molecule has 0 atom stereocenters. The Balaban J connectivity index is 0.00000625. The van der Waals surface area contributed by atoms with E-state index in [4.69, 9.17) is 5.11 Å². The number of Topliss-reactive ketones (excluding diaryl/α,β-unsaturated/α-hetero) is 1. The van der Waals surface area contributed by atoms with Crippen molar-refractivity contribution in [2.24, 2.45) is 5.41 Å². The van der Waals surface area contributed by atoms with Crippen LogP contribution in [-0.2, 0) is 9.59 Å². The van der Waals surface area contributed by atoms with Crippen molar-refractivity contribution in [1.29, 1.82) is 0 Å². The molecule has 154 valence electrons.